The maximum Gasteiger partial charge on any atom is 0.326 e. The Hall–Kier alpha value is -7.35. The molecular weight excluding hydrogens is 1250 g/mol. The van der Waals surface area contributed by atoms with Crippen molar-refractivity contribution in [3.63, 3.8) is 0 Å². The van der Waals surface area contributed by atoms with E-state index < -0.39 is 98.7 Å². The number of hydrogen-bond acceptors (Lipinski definition) is 15. The van der Waals surface area contributed by atoms with Crippen LogP contribution in [0.3, 0.4) is 0 Å². The van der Waals surface area contributed by atoms with Gasteiger partial charge in [-0.2, -0.15) is 12.6 Å². The quantitative estimate of drug-likeness (QED) is 0.0256. The van der Waals surface area contributed by atoms with Gasteiger partial charge in [-0.05, 0) is 120 Å². The molecule has 5 N–H and O–H groups in total. The number of carboxylic acid groups (broad SMARTS) is 1. The number of carbonyl (C=O) groups excluding carboxylic acids is 9. The topological polar surface area (TPSA) is 289 Å². The van der Waals surface area contributed by atoms with E-state index in [0.29, 0.717) is 70.9 Å². The summed E-state index contributed by atoms with van der Waals surface area (Å²) in [5, 5.41) is 15.5. The lowest BCUT2D eigenvalue weighted by Crippen LogP contribution is -2.56. The number of carbonyl (C=O) groups is 10. The maximum absolute atomic E-state index is 15.2. The second kappa shape index (κ2) is 42.4. The zero-order valence-corrected chi connectivity index (χ0v) is 57.9. The highest BCUT2D eigenvalue weighted by molar-refractivity contribution is 7.80. The van der Waals surface area contributed by atoms with Crippen LogP contribution in [0.25, 0.3) is 0 Å². The number of rotatable bonds is 41. The molecular formula is C71H107N11O13S. The molecule has 0 radical (unpaired) electrons. The minimum absolute atomic E-state index is 0.00399. The number of amides is 9. The Balaban J connectivity index is 1.20. The molecule has 1 aromatic heterocycles. The van der Waals surface area contributed by atoms with Crippen molar-refractivity contribution in [1.29, 1.82) is 0 Å². The van der Waals surface area contributed by atoms with Gasteiger partial charge in [0.25, 0.3) is 0 Å². The van der Waals surface area contributed by atoms with Gasteiger partial charge in [0, 0.05) is 50.4 Å². The van der Waals surface area contributed by atoms with Crippen molar-refractivity contribution in [2.45, 2.75) is 173 Å². The van der Waals surface area contributed by atoms with E-state index in [0.717, 1.165) is 80.2 Å². The molecule has 3 aliphatic rings. The van der Waals surface area contributed by atoms with Crippen molar-refractivity contribution in [3.05, 3.63) is 90.2 Å². The smallest absolute Gasteiger partial charge is 0.326 e. The van der Waals surface area contributed by atoms with Gasteiger partial charge >= 0.3 is 5.97 Å². The first-order valence-electron chi connectivity index (χ1n) is 34.9. The van der Waals surface area contributed by atoms with E-state index in [1.54, 1.807) is 22.8 Å². The molecule has 3 saturated carbocycles. The molecule has 1 unspecified atom stereocenters. The van der Waals surface area contributed by atoms with E-state index in [2.05, 4.69) is 23.3 Å². The van der Waals surface area contributed by atoms with Crippen LogP contribution < -0.4 is 21.3 Å². The van der Waals surface area contributed by atoms with Crippen LogP contribution in [0, 0.1) is 5.92 Å². The number of thiol groups is 1. The zero-order chi connectivity index (χ0) is 69.2. The third-order valence-electron chi connectivity index (χ3n) is 18.2. The fourth-order valence-electron chi connectivity index (χ4n) is 12.9. The first kappa shape index (κ1) is 77.7. The first-order chi connectivity index (χ1) is 46.4. The summed E-state index contributed by atoms with van der Waals surface area (Å²) in [7, 11) is 0. The van der Waals surface area contributed by atoms with Crippen LogP contribution in [-0.2, 0) is 65.5 Å². The summed E-state index contributed by atoms with van der Waals surface area (Å²) >= 11 is 4.14. The van der Waals surface area contributed by atoms with Gasteiger partial charge in [0.1, 0.15) is 45.5 Å². The van der Waals surface area contributed by atoms with Gasteiger partial charge in [0.05, 0.1) is 32.4 Å². The summed E-state index contributed by atoms with van der Waals surface area (Å²) in [6.45, 7) is 3.29. The molecule has 0 spiro atoms. The average Bonchev–Trinajstić information content (AvgIpc) is 1.22. The van der Waals surface area contributed by atoms with E-state index in [9.17, 15) is 43.5 Å². The Morgan fingerprint density at radius 3 is 1.56 bits per heavy atom. The lowest BCUT2D eigenvalue weighted by Gasteiger charge is -2.39. The van der Waals surface area contributed by atoms with Crippen molar-refractivity contribution >= 4 is 77.6 Å². The SMILES string of the molecule is CCOCN(CC(=O)N(CC(=O)N(CC(=O)N(CC(=O)N(CCCCN)CC(=O)NC(CCS)C(=O)O)C1CCCCC1)C1CCCCC1)c1ccco1)C(=O)CN(CC(C)C)C(=O)CN(C(=O)CN(CCc1ccccc1)C(=O)CNCCc1ccccc1)C1CCCCC1. The summed E-state index contributed by atoms with van der Waals surface area (Å²) < 4.78 is 11.6. The number of hydrogen-bond donors (Lipinski definition) is 5. The van der Waals surface area contributed by atoms with Crippen molar-refractivity contribution < 1.29 is 62.2 Å². The molecule has 3 aromatic rings. The number of nitrogens with zero attached hydrogens (tertiary/aromatic N) is 8. The number of nitrogens with two attached hydrogens (primary N) is 1. The Bertz CT molecular complexity index is 2890. The number of unbranched alkanes of at least 4 members (excludes halogenated alkanes) is 1. The number of anilines is 1. The molecule has 0 aliphatic heterocycles. The van der Waals surface area contributed by atoms with Gasteiger partial charge in [-0.25, -0.2) is 4.79 Å². The molecule has 24 nitrogen and oxygen atoms in total. The number of ether oxygens (including phenoxy) is 1. The van der Waals surface area contributed by atoms with Crippen LogP contribution >= 0.6 is 12.6 Å². The van der Waals surface area contributed by atoms with Gasteiger partial charge in [-0.3, -0.25) is 48.1 Å². The monoisotopic (exact) mass is 1350 g/mol. The van der Waals surface area contributed by atoms with Crippen molar-refractivity contribution in [2.75, 3.05) is 116 Å². The summed E-state index contributed by atoms with van der Waals surface area (Å²) in [6.07, 6.45) is 15.1. The lowest BCUT2D eigenvalue weighted by molar-refractivity contribution is -0.150. The highest BCUT2D eigenvalue weighted by atomic mass is 32.1. The second-order valence-electron chi connectivity index (χ2n) is 26.0. The third-order valence-corrected chi connectivity index (χ3v) is 18.5. The van der Waals surface area contributed by atoms with Crippen LogP contribution in [0.5, 0.6) is 0 Å². The third kappa shape index (κ3) is 26.2. The first-order valence-corrected chi connectivity index (χ1v) is 35.5. The maximum atomic E-state index is 15.2. The lowest BCUT2D eigenvalue weighted by atomic mass is 9.93. The Morgan fingerprint density at radius 2 is 1.05 bits per heavy atom. The Morgan fingerprint density at radius 1 is 0.562 bits per heavy atom. The Kier molecular flexibility index (Phi) is 34.3. The van der Waals surface area contributed by atoms with Crippen molar-refractivity contribution in [1.82, 2.24) is 44.9 Å². The molecule has 3 aliphatic carbocycles. The van der Waals surface area contributed by atoms with Crippen LogP contribution in [0.15, 0.2) is 83.5 Å². The molecule has 0 saturated heterocycles. The number of benzene rings is 2. The summed E-state index contributed by atoms with van der Waals surface area (Å²) in [5.41, 5.74) is 7.94. The highest BCUT2D eigenvalue weighted by Gasteiger charge is 2.38. The van der Waals surface area contributed by atoms with Crippen LogP contribution in [-0.4, -0.2) is 233 Å². The summed E-state index contributed by atoms with van der Waals surface area (Å²) in [4.78, 5) is 155. The van der Waals surface area contributed by atoms with Crippen molar-refractivity contribution in [2.24, 2.45) is 11.7 Å². The number of furan rings is 1. The fraction of sp³-hybridized carbons (Fsp3) is 0.634. The minimum atomic E-state index is -1.23. The fourth-order valence-corrected chi connectivity index (χ4v) is 13.2. The Labute approximate surface area is 573 Å². The molecule has 1 heterocycles. The predicted molar refractivity (Wildman–Crippen MR) is 369 cm³/mol. The standard InChI is InChI=1S/C71H107N11O13S/c1-4-94-53-78(63(85)46-77(44-54(2)3)65(87)50-79(57-27-14-7-15-28-57)66(88)47-76(40-35-56-25-12-6-13-26-56)62(84)43-73-38-34-55-23-10-5-11-24-55)48-67(89)82(70-33-22-41-95-70)52-69(91)81(59-31-18-9-19-32-59)51-68(90)80(58-29-16-8-17-30-58)49-64(86)75(39-21-20-37-72)45-61(83)74-60(36-42-96)71(92)93/h5-6,10-13,22-26,33,41,54,57-60,73,96H,4,7-9,14-21,27-32,34-40,42-53,72H2,1-3H3,(H,74,83)(H,92,93). The summed E-state index contributed by atoms with van der Waals surface area (Å²) in [5.74, 6) is -5.84. The van der Waals surface area contributed by atoms with E-state index in [-0.39, 0.29) is 100 Å². The minimum Gasteiger partial charge on any atom is -0.480 e. The number of nitrogens with one attached hydrogen (secondary N) is 2. The van der Waals surface area contributed by atoms with Gasteiger partial charge in [0.15, 0.2) is 0 Å². The van der Waals surface area contributed by atoms with Crippen LogP contribution in [0.4, 0.5) is 5.88 Å². The van der Waals surface area contributed by atoms with E-state index in [1.165, 1.54) is 36.8 Å². The molecule has 2 aromatic carbocycles. The number of carboxylic acids is 1. The molecule has 1 atom stereocenters. The zero-order valence-electron chi connectivity index (χ0n) is 57.0. The van der Waals surface area contributed by atoms with E-state index in [4.69, 9.17) is 14.9 Å². The van der Waals surface area contributed by atoms with Crippen LogP contribution in [0.1, 0.15) is 147 Å². The number of aliphatic carboxylic acids is 1. The van der Waals surface area contributed by atoms with Crippen LogP contribution in [0.2, 0.25) is 0 Å². The normalized spacial score (nSPS) is 14.9. The van der Waals surface area contributed by atoms with Crippen molar-refractivity contribution in [3.8, 4) is 0 Å². The molecule has 0 bridgehead atoms. The van der Waals surface area contributed by atoms with E-state index >= 15 is 9.59 Å². The van der Waals surface area contributed by atoms with Gasteiger partial charge < -0.3 is 64.9 Å². The summed E-state index contributed by atoms with van der Waals surface area (Å²) in [6, 6.07) is 20.5. The predicted octanol–water partition coefficient (Wildman–Crippen LogP) is 5.76. The largest absolute Gasteiger partial charge is 0.480 e. The molecule has 530 valence electrons. The van der Waals surface area contributed by atoms with Gasteiger partial charge in [0.2, 0.25) is 59.0 Å². The molecule has 3 fully saturated rings. The molecule has 25 heteroatoms. The highest BCUT2D eigenvalue weighted by Crippen LogP contribution is 2.28. The van der Waals surface area contributed by atoms with Gasteiger partial charge in [-0.1, -0.05) is 132 Å². The molecule has 9 amide bonds. The average molecular weight is 1350 g/mol. The molecule has 96 heavy (non-hydrogen) atoms. The van der Waals surface area contributed by atoms with Gasteiger partial charge in [-0.15, -0.1) is 0 Å². The molecule has 6 rings (SSSR count). The van der Waals surface area contributed by atoms with E-state index in [1.807, 2.05) is 74.5 Å². The second-order valence-corrected chi connectivity index (χ2v) is 26.4.